The minimum absolute atomic E-state index is 0.161. The van der Waals surface area contributed by atoms with Crippen LogP contribution in [0.3, 0.4) is 0 Å². The minimum Gasteiger partial charge on any atom is -0.507 e. The number of piperidine rings is 1. The number of likely N-dealkylation sites (tertiary alicyclic amines) is 1. The molecular formula is C27H29N5O4. The van der Waals surface area contributed by atoms with Crippen LogP contribution < -0.4 is 5.73 Å². The molecule has 9 heteroatoms. The summed E-state index contributed by atoms with van der Waals surface area (Å²) in [7, 11) is 1.27. The number of primary amides is 1. The number of amides is 1. The smallest absolute Gasteiger partial charge is 0.311 e. The van der Waals surface area contributed by atoms with Gasteiger partial charge in [-0.3, -0.25) is 19.2 Å². The number of ether oxygens (including phenoxy) is 1. The number of nitriles is 1. The van der Waals surface area contributed by atoms with Gasteiger partial charge in [0.2, 0.25) is 0 Å². The number of hydrogen-bond donors (Lipinski definition) is 2. The highest BCUT2D eigenvalue weighted by Crippen LogP contribution is 2.35. The molecule has 4 rings (SSSR count). The third-order valence-electron chi connectivity index (χ3n) is 6.83. The van der Waals surface area contributed by atoms with Gasteiger partial charge in [-0.25, -0.2) is 0 Å². The first kappa shape index (κ1) is 24.9. The molecule has 0 saturated carbocycles. The van der Waals surface area contributed by atoms with Gasteiger partial charge in [0.25, 0.3) is 5.91 Å². The fourth-order valence-electron chi connectivity index (χ4n) is 4.75. The molecule has 0 aliphatic carbocycles. The van der Waals surface area contributed by atoms with Crippen molar-refractivity contribution in [3.05, 3.63) is 71.5 Å². The van der Waals surface area contributed by atoms with Gasteiger partial charge in [0.1, 0.15) is 5.75 Å². The molecule has 9 nitrogen and oxygen atoms in total. The van der Waals surface area contributed by atoms with Crippen LogP contribution in [-0.2, 0) is 28.0 Å². The SMILES string of the molecule is COC(=O)Cc1nn(C2(CC#N)CCN(Cc3ccc(-c4ccccc4)c(O)c3)CC2)cc1C(N)=O. The Bertz CT molecular complexity index is 1290. The number of rotatable bonds is 8. The monoisotopic (exact) mass is 487 g/mol. The molecule has 0 atom stereocenters. The van der Waals surface area contributed by atoms with E-state index < -0.39 is 17.4 Å². The van der Waals surface area contributed by atoms with Gasteiger partial charge in [0, 0.05) is 31.4 Å². The van der Waals surface area contributed by atoms with Gasteiger partial charge in [-0.1, -0.05) is 42.5 Å². The highest BCUT2D eigenvalue weighted by molar-refractivity contribution is 5.94. The number of aromatic hydroxyl groups is 1. The maximum atomic E-state index is 12.0. The van der Waals surface area contributed by atoms with Crippen LogP contribution in [0.4, 0.5) is 0 Å². The summed E-state index contributed by atoms with van der Waals surface area (Å²) >= 11 is 0. The zero-order valence-corrected chi connectivity index (χ0v) is 20.2. The average molecular weight is 488 g/mol. The van der Waals surface area contributed by atoms with Crippen LogP contribution >= 0.6 is 0 Å². The Kier molecular flexibility index (Phi) is 7.36. The van der Waals surface area contributed by atoms with Crippen LogP contribution in [0.15, 0.2) is 54.7 Å². The van der Waals surface area contributed by atoms with Crippen molar-refractivity contribution in [3.63, 3.8) is 0 Å². The van der Waals surface area contributed by atoms with Crippen LogP contribution in [0.5, 0.6) is 5.75 Å². The molecule has 3 N–H and O–H groups in total. The largest absolute Gasteiger partial charge is 0.507 e. The number of phenols is 1. The van der Waals surface area contributed by atoms with Crippen molar-refractivity contribution in [2.75, 3.05) is 20.2 Å². The van der Waals surface area contributed by atoms with E-state index >= 15 is 0 Å². The lowest BCUT2D eigenvalue weighted by Gasteiger charge is -2.40. The number of benzene rings is 2. The van der Waals surface area contributed by atoms with Crippen molar-refractivity contribution in [3.8, 4) is 22.9 Å². The highest BCUT2D eigenvalue weighted by atomic mass is 16.5. The first-order chi connectivity index (χ1) is 17.3. The van der Waals surface area contributed by atoms with Crippen molar-refractivity contribution in [2.24, 2.45) is 5.73 Å². The number of hydrogen-bond acceptors (Lipinski definition) is 7. The standard InChI is InChI=1S/C27H29N5O4/c1-36-25(34)16-23-22(26(29)35)18-32(30-23)27(9-12-28)10-13-31(14-11-27)17-19-7-8-21(24(33)15-19)20-5-3-2-4-6-20/h2-8,15,18,33H,9-11,13-14,16-17H2,1H3,(H2,29,35). The maximum Gasteiger partial charge on any atom is 0.311 e. The fourth-order valence-corrected chi connectivity index (χ4v) is 4.75. The lowest BCUT2D eigenvalue weighted by molar-refractivity contribution is -0.139. The molecule has 2 heterocycles. The number of methoxy groups -OCH3 is 1. The van der Waals surface area contributed by atoms with E-state index in [2.05, 4.69) is 16.1 Å². The van der Waals surface area contributed by atoms with Crippen molar-refractivity contribution >= 4 is 11.9 Å². The van der Waals surface area contributed by atoms with Gasteiger partial charge < -0.3 is 15.6 Å². The summed E-state index contributed by atoms with van der Waals surface area (Å²) < 4.78 is 6.36. The highest BCUT2D eigenvalue weighted by Gasteiger charge is 2.38. The van der Waals surface area contributed by atoms with E-state index in [0.29, 0.717) is 32.5 Å². The van der Waals surface area contributed by atoms with Gasteiger partial charge >= 0.3 is 5.97 Å². The molecule has 36 heavy (non-hydrogen) atoms. The molecule has 2 aromatic carbocycles. The Balaban J connectivity index is 1.49. The van der Waals surface area contributed by atoms with Crippen molar-refractivity contribution in [2.45, 2.75) is 37.8 Å². The molecule has 1 amide bonds. The Morgan fingerprint density at radius 2 is 1.92 bits per heavy atom. The summed E-state index contributed by atoms with van der Waals surface area (Å²) in [6.45, 7) is 2.05. The van der Waals surface area contributed by atoms with Crippen molar-refractivity contribution in [1.29, 1.82) is 5.26 Å². The molecule has 3 aromatic rings. The summed E-state index contributed by atoms with van der Waals surface area (Å²) in [5.41, 5.74) is 8.07. The lowest BCUT2D eigenvalue weighted by Crippen LogP contribution is -2.46. The predicted octanol–water partition coefficient (Wildman–Crippen LogP) is 2.98. The molecule has 0 bridgehead atoms. The molecule has 186 valence electrons. The van der Waals surface area contributed by atoms with Crippen LogP contribution in [0.25, 0.3) is 11.1 Å². The lowest BCUT2D eigenvalue weighted by atomic mass is 9.84. The van der Waals surface area contributed by atoms with E-state index in [1.807, 2.05) is 42.5 Å². The number of nitrogens with two attached hydrogens (primary N) is 1. The molecule has 1 aliphatic heterocycles. The van der Waals surface area contributed by atoms with Crippen LogP contribution in [-0.4, -0.2) is 51.9 Å². The molecule has 1 saturated heterocycles. The summed E-state index contributed by atoms with van der Waals surface area (Å²) in [5, 5.41) is 24.7. The Morgan fingerprint density at radius 1 is 1.19 bits per heavy atom. The molecular weight excluding hydrogens is 458 g/mol. The van der Waals surface area contributed by atoms with Gasteiger partial charge in [-0.15, -0.1) is 0 Å². The van der Waals surface area contributed by atoms with E-state index in [0.717, 1.165) is 16.7 Å². The molecule has 0 radical (unpaired) electrons. The summed E-state index contributed by atoms with van der Waals surface area (Å²) in [6, 6.07) is 17.7. The van der Waals surface area contributed by atoms with E-state index in [-0.39, 0.29) is 29.8 Å². The zero-order valence-electron chi connectivity index (χ0n) is 20.2. The first-order valence-corrected chi connectivity index (χ1v) is 11.8. The van der Waals surface area contributed by atoms with Gasteiger partial charge in [0.05, 0.1) is 42.8 Å². The molecule has 0 spiro atoms. The Hall–Kier alpha value is -4.16. The number of phenolic OH excluding ortho intramolecular Hbond substituents is 1. The fraction of sp³-hybridized carbons (Fsp3) is 0.333. The number of carbonyl (C=O) groups is 2. The topological polar surface area (TPSA) is 134 Å². The van der Waals surface area contributed by atoms with Crippen LogP contribution in [0.2, 0.25) is 0 Å². The molecule has 1 aliphatic rings. The summed E-state index contributed by atoms with van der Waals surface area (Å²) in [6.07, 6.45) is 2.86. The number of esters is 1. The Labute approximate surface area is 209 Å². The maximum absolute atomic E-state index is 12.0. The van der Waals surface area contributed by atoms with Crippen molar-refractivity contribution in [1.82, 2.24) is 14.7 Å². The second-order valence-electron chi connectivity index (χ2n) is 9.10. The zero-order chi connectivity index (χ0) is 25.7. The number of carbonyl (C=O) groups excluding carboxylic acids is 2. The van der Waals surface area contributed by atoms with Gasteiger partial charge in [-0.05, 0) is 30.0 Å². The number of nitrogens with zero attached hydrogens (tertiary/aromatic N) is 4. The second kappa shape index (κ2) is 10.6. The normalized spacial score (nSPS) is 15.2. The molecule has 1 aromatic heterocycles. The predicted molar refractivity (Wildman–Crippen MR) is 133 cm³/mol. The van der Waals surface area contributed by atoms with E-state index in [1.165, 1.54) is 7.11 Å². The minimum atomic E-state index is -0.677. The molecule has 1 fully saturated rings. The van der Waals surface area contributed by atoms with Crippen molar-refractivity contribution < 1.29 is 19.4 Å². The third kappa shape index (κ3) is 5.24. The second-order valence-corrected chi connectivity index (χ2v) is 9.10. The first-order valence-electron chi connectivity index (χ1n) is 11.8. The summed E-state index contributed by atoms with van der Waals surface area (Å²) in [5.74, 6) is -0.958. The van der Waals surface area contributed by atoms with Crippen LogP contribution in [0, 0.1) is 11.3 Å². The number of aromatic nitrogens is 2. The quantitative estimate of drug-likeness (QED) is 0.467. The van der Waals surface area contributed by atoms with Gasteiger partial charge in [-0.2, -0.15) is 10.4 Å². The molecule has 0 unspecified atom stereocenters. The summed E-state index contributed by atoms with van der Waals surface area (Å²) in [4.78, 5) is 26.0. The van der Waals surface area contributed by atoms with E-state index in [4.69, 9.17) is 10.5 Å². The third-order valence-corrected chi connectivity index (χ3v) is 6.83. The Morgan fingerprint density at radius 3 is 2.53 bits per heavy atom. The van der Waals surface area contributed by atoms with Gasteiger partial charge in [0.15, 0.2) is 0 Å². The van der Waals surface area contributed by atoms with E-state index in [1.54, 1.807) is 16.9 Å². The van der Waals surface area contributed by atoms with Crippen LogP contribution in [0.1, 0.15) is 40.9 Å². The average Bonchev–Trinajstić information content (AvgIpc) is 3.31. The van der Waals surface area contributed by atoms with E-state index in [9.17, 15) is 20.0 Å².